The Bertz CT molecular complexity index is 748. The fourth-order valence-electron chi connectivity index (χ4n) is 3.31. The third-order valence-electron chi connectivity index (χ3n) is 4.68. The molecule has 3 rings (SSSR count). The third kappa shape index (κ3) is 5.29. The van der Waals surface area contributed by atoms with Gasteiger partial charge in [-0.05, 0) is 31.0 Å². The molecule has 0 radical (unpaired) electrons. The first-order chi connectivity index (χ1) is 13.3. The molecule has 1 aliphatic rings. The number of carbonyl (C=O) groups excluding carboxylic acids is 1. The highest BCUT2D eigenvalue weighted by Crippen LogP contribution is 2.26. The highest BCUT2D eigenvalue weighted by molar-refractivity contribution is 5.93. The molecule has 1 fully saturated rings. The first-order valence-corrected chi connectivity index (χ1v) is 9.54. The standard InChI is InChI=1S/C21H27N5O/c1-2-23-21(25-13-12-24-20(27)18-9-6-11-22-15-18)26-14-10-19(16-26)17-7-4-3-5-8-17/h3-9,11,15,19H,2,10,12-14,16H2,1H3,(H,23,25)(H,24,27). The van der Waals surface area contributed by atoms with Gasteiger partial charge in [-0.3, -0.25) is 14.8 Å². The van der Waals surface area contributed by atoms with Crippen LogP contribution in [-0.2, 0) is 0 Å². The van der Waals surface area contributed by atoms with Gasteiger partial charge in [-0.15, -0.1) is 0 Å². The molecule has 1 unspecified atom stereocenters. The van der Waals surface area contributed by atoms with Gasteiger partial charge >= 0.3 is 0 Å². The van der Waals surface area contributed by atoms with E-state index in [1.54, 1.807) is 24.5 Å². The summed E-state index contributed by atoms with van der Waals surface area (Å²) in [6.07, 6.45) is 4.35. The fourth-order valence-corrected chi connectivity index (χ4v) is 3.31. The second-order valence-electron chi connectivity index (χ2n) is 6.58. The van der Waals surface area contributed by atoms with Crippen LogP contribution < -0.4 is 10.6 Å². The number of nitrogens with zero attached hydrogens (tertiary/aromatic N) is 3. The SMILES string of the molecule is CCNC(=NCCNC(=O)c1cccnc1)N1CCC(c2ccccc2)C1. The molecule has 1 atom stereocenters. The fraction of sp³-hybridized carbons (Fsp3) is 0.381. The number of guanidine groups is 1. The van der Waals surface area contributed by atoms with Crippen molar-refractivity contribution in [2.75, 3.05) is 32.7 Å². The van der Waals surface area contributed by atoms with E-state index in [0.29, 0.717) is 24.6 Å². The first-order valence-electron chi connectivity index (χ1n) is 9.54. The van der Waals surface area contributed by atoms with Gasteiger partial charge in [0.1, 0.15) is 0 Å². The molecule has 1 aromatic heterocycles. The number of amides is 1. The third-order valence-corrected chi connectivity index (χ3v) is 4.68. The summed E-state index contributed by atoms with van der Waals surface area (Å²) in [5, 5.41) is 6.26. The van der Waals surface area contributed by atoms with E-state index < -0.39 is 0 Å². The van der Waals surface area contributed by atoms with Crippen molar-refractivity contribution in [3.8, 4) is 0 Å². The molecule has 0 aliphatic carbocycles. The van der Waals surface area contributed by atoms with E-state index in [2.05, 4.69) is 57.8 Å². The van der Waals surface area contributed by atoms with Crippen molar-refractivity contribution in [1.29, 1.82) is 0 Å². The molecule has 0 saturated carbocycles. The summed E-state index contributed by atoms with van der Waals surface area (Å²) in [4.78, 5) is 23.0. The van der Waals surface area contributed by atoms with E-state index in [0.717, 1.165) is 32.0 Å². The van der Waals surface area contributed by atoms with Gasteiger partial charge in [0, 0.05) is 44.5 Å². The minimum Gasteiger partial charge on any atom is -0.357 e. The quantitative estimate of drug-likeness (QED) is 0.468. The lowest BCUT2D eigenvalue weighted by molar-refractivity contribution is 0.0954. The Morgan fingerprint density at radius 3 is 2.81 bits per heavy atom. The molecule has 6 heteroatoms. The van der Waals surface area contributed by atoms with Crippen LogP contribution >= 0.6 is 0 Å². The minimum atomic E-state index is -0.117. The zero-order chi connectivity index (χ0) is 18.9. The number of carbonyl (C=O) groups is 1. The van der Waals surface area contributed by atoms with Gasteiger partial charge in [-0.25, -0.2) is 0 Å². The molecule has 2 heterocycles. The van der Waals surface area contributed by atoms with E-state index in [9.17, 15) is 4.79 Å². The zero-order valence-corrected chi connectivity index (χ0v) is 15.8. The van der Waals surface area contributed by atoms with Gasteiger partial charge in [0.25, 0.3) is 5.91 Å². The maximum atomic E-state index is 12.0. The Kier molecular flexibility index (Phi) is 6.79. The van der Waals surface area contributed by atoms with Crippen LogP contribution in [0.4, 0.5) is 0 Å². The average Bonchev–Trinajstić information content (AvgIpc) is 3.21. The number of rotatable bonds is 6. The average molecular weight is 365 g/mol. The largest absolute Gasteiger partial charge is 0.357 e. The predicted molar refractivity (Wildman–Crippen MR) is 108 cm³/mol. The molecule has 6 nitrogen and oxygen atoms in total. The highest BCUT2D eigenvalue weighted by atomic mass is 16.1. The van der Waals surface area contributed by atoms with Gasteiger partial charge < -0.3 is 15.5 Å². The van der Waals surface area contributed by atoms with Crippen molar-refractivity contribution in [3.05, 3.63) is 66.0 Å². The summed E-state index contributed by atoms with van der Waals surface area (Å²) in [6, 6.07) is 14.2. The van der Waals surface area contributed by atoms with Crippen LogP contribution in [0.5, 0.6) is 0 Å². The number of hydrogen-bond acceptors (Lipinski definition) is 3. The van der Waals surface area contributed by atoms with Crippen molar-refractivity contribution < 1.29 is 4.79 Å². The Morgan fingerprint density at radius 1 is 1.22 bits per heavy atom. The number of likely N-dealkylation sites (tertiary alicyclic amines) is 1. The lowest BCUT2D eigenvalue weighted by Gasteiger charge is -2.21. The van der Waals surface area contributed by atoms with Crippen molar-refractivity contribution in [1.82, 2.24) is 20.5 Å². The van der Waals surface area contributed by atoms with Crippen molar-refractivity contribution in [2.45, 2.75) is 19.3 Å². The summed E-state index contributed by atoms with van der Waals surface area (Å²) in [5.74, 6) is 1.35. The summed E-state index contributed by atoms with van der Waals surface area (Å²) >= 11 is 0. The molecular weight excluding hydrogens is 338 g/mol. The summed E-state index contributed by atoms with van der Waals surface area (Å²) in [7, 11) is 0. The lowest BCUT2D eigenvalue weighted by Crippen LogP contribution is -2.40. The molecule has 1 aliphatic heterocycles. The molecule has 1 saturated heterocycles. The maximum absolute atomic E-state index is 12.0. The molecule has 2 N–H and O–H groups in total. The summed E-state index contributed by atoms with van der Waals surface area (Å²) < 4.78 is 0. The van der Waals surface area contributed by atoms with Crippen LogP contribution in [0, 0.1) is 0 Å². The highest BCUT2D eigenvalue weighted by Gasteiger charge is 2.25. The van der Waals surface area contributed by atoms with Gasteiger partial charge in [0.15, 0.2) is 5.96 Å². The zero-order valence-electron chi connectivity index (χ0n) is 15.8. The Labute approximate surface area is 160 Å². The molecule has 2 aromatic rings. The lowest BCUT2D eigenvalue weighted by atomic mass is 9.99. The Hall–Kier alpha value is -2.89. The first kappa shape index (κ1) is 18.9. The van der Waals surface area contributed by atoms with Crippen LogP contribution in [0.1, 0.15) is 35.2 Å². The molecule has 1 aromatic carbocycles. The molecule has 27 heavy (non-hydrogen) atoms. The molecule has 0 bridgehead atoms. The van der Waals surface area contributed by atoms with Gasteiger partial charge in [-0.2, -0.15) is 0 Å². The van der Waals surface area contributed by atoms with Gasteiger partial charge in [0.05, 0.1) is 12.1 Å². The number of aliphatic imine (C=N–C) groups is 1. The van der Waals surface area contributed by atoms with E-state index in [-0.39, 0.29) is 5.91 Å². The van der Waals surface area contributed by atoms with Crippen molar-refractivity contribution >= 4 is 11.9 Å². The smallest absolute Gasteiger partial charge is 0.252 e. The van der Waals surface area contributed by atoms with Crippen molar-refractivity contribution in [2.24, 2.45) is 4.99 Å². The number of pyridine rings is 1. The Morgan fingerprint density at radius 2 is 2.07 bits per heavy atom. The van der Waals surface area contributed by atoms with Crippen molar-refractivity contribution in [3.63, 3.8) is 0 Å². The van der Waals surface area contributed by atoms with Crippen LogP contribution in [0.2, 0.25) is 0 Å². The molecule has 1 amide bonds. The Balaban J connectivity index is 1.52. The van der Waals surface area contributed by atoms with Crippen LogP contribution in [0.25, 0.3) is 0 Å². The summed E-state index contributed by atoms with van der Waals surface area (Å²) in [5.41, 5.74) is 1.96. The van der Waals surface area contributed by atoms with Gasteiger partial charge in [-0.1, -0.05) is 30.3 Å². The molecule has 0 spiro atoms. The monoisotopic (exact) mass is 365 g/mol. The molecular formula is C21H27N5O. The summed E-state index contributed by atoms with van der Waals surface area (Å²) in [6.45, 7) is 5.91. The number of aromatic nitrogens is 1. The predicted octanol–water partition coefficient (Wildman–Crippen LogP) is 2.27. The topological polar surface area (TPSA) is 69.6 Å². The van der Waals surface area contributed by atoms with Gasteiger partial charge in [0.2, 0.25) is 0 Å². The number of hydrogen-bond donors (Lipinski definition) is 2. The van der Waals surface area contributed by atoms with E-state index in [1.165, 1.54) is 5.56 Å². The van der Waals surface area contributed by atoms with E-state index in [1.807, 2.05) is 0 Å². The second kappa shape index (κ2) is 9.71. The number of nitrogens with one attached hydrogen (secondary N) is 2. The molecule has 142 valence electrons. The van der Waals surface area contributed by atoms with E-state index >= 15 is 0 Å². The van der Waals surface area contributed by atoms with Crippen LogP contribution in [0.3, 0.4) is 0 Å². The maximum Gasteiger partial charge on any atom is 0.252 e. The van der Waals surface area contributed by atoms with Crippen LogP contribution in [0.15, 0.2) is 59.9 Å². The second-order valence-corrected chi connectivity index (χ2v) is 6.58. The van der Waals surface area contributed by atoms with E-state index in [4.69, 9.17) is 4.99 Å². The number of benzene rings is 1. The van der Waals surface area contributed by atoms with Crippen LogP contribution in [-0.4, -0.2) is 54.5 Å². The minimum absolute atomic E-state index is 0.117. The normalized spacial score (nSPS) is 17.0.